The van der Waals surface area contributed by atoms with E-state index >= 15 is 0 Å². The number of rotatable bonds is 4. The molecule has 14 aromatic rings. The van der Waals surface area contributed by atoms with Gasteiger partial charge in [-0.15, -0.1) is 0 Å². The first-order chi connectivity index (χ1) is 39.1. The average Bonchev–Trinajstić information content (AvgIpc) is 4.51. The zero-order chi connectivity index (χ0) is 53.9. The molecule has 386 valence electrons. The summed E-state index contributed by atoms with van der Waals surface area (Å²) in [5.74, 6) is 1.87. The lowest BCUT2D eigenvalue weighted by Crippen LogP contribution is -2.41. The van der Waals surface area contributed by atoms with Crippen LogP contribution in [0.15, 0.2) is 235 Å². The van der Waals surface area contributed by atoms with E-state index in [0.29, 0.717) is 0 Å². The molecule has 0 amide bonds. The molecule has 1 saturated heterocycles. The normalized spacial score (nSPS) is 14.5. The first kappa shape index (κ1) is 48.3. The smallest absolute Gasteiger partial charge is 0.399 e. The molecule has 8 nitrogen and oxygen atoms in total. The van der Waals surface area contributed by atoms with E-state index in [1.165, 1.54) is 55.6 Å². The minimum atomic E-state index is -0.297. The van der Waals surface area contributed by atoms with E-state index < -0.39 is 0 Å². The molecule has 3 aliphatic rings. The number of halogens is 1. The van der Waals surface area contributed by atoms with E-state index in [2.05, 4.69) is 280 Å². The van der Waals surface area contributed by atoms with Crippen LogP contribution in [0.5, 0.6) is 0 Å². The van der Waals surface area contributed by atoms with Gasteiger partial charge >= 0.3 is 7.12 Å². The summed E-state index contributed by atoms with van der Waals surface area (Å²) in [6, 6.07) is 81.4. The van der Waals surface area contributed by atoms with Gasteiger partial charge in [-0.3, -0.25) is 17.9 Å². The van der Waals surface area contributed by atoms with Gasteiger partial charge in [-0.2, -0.15) is 0 Å². The third-order valence-electron chi connectivity index (χ3n) is 16.9. The molecule has 1 aliphatic heterocycles. The van der Waals surface area contributed by atoms with Crippen LogP contribution in [0.25, 0.3) is 100 Å². The second kappa shape index (κ2) is 18.7. The maximum atomic E-state index is 6.18. The fourth-order valence-electron chi connectivity index (χ4n) is 12.3. The van der Waals surface area contributed by atoms with Gasteiger partial charge in [-0.05, 0) is 185 Å². The molecule has 17 rings (SSSR count). The molecule has 0 atom stereocenters. The zero-order valence-corrected chi connectivity index (χ0v) is 46.4. The predicted octanol–water partition coefficient (Wildman–Crippen LogP) is 16.4. The van der Waals surface area contributed by atoms with Crippen molar-refractivity contribution in [2.75, 3.05) is 0 Å². The van der Waals surface area contributed by atoms with Gasteiger partial charge < -0.3 is 9.31 Å². The monoisotopic (exact) mass is 1100 g/mol. The van der Waals surface area contributed by atoms with E-state index in [1.807, 2.05) is 12.1 Å². The summed E-state index contributed by atoms with van der Waals surface area (Å²) in [6.07, 6.45) is 2.03. The van der Waals surface area contributed by atoms with Crippen molar-refractivity contribution < 1.29 is 9.31 Å². The van der Waals surface area contributed by atoms with Crippen LogP contribution in [0, 0.1) is 0 Å². The fourth-order valence-corrected chi connectivity index (χ4v) is 12.8. The summed E-state index contributed by atoms with van der Waals surface area (Å²) in [6.45, 7) is 8.37. The molecule has 0 unspecified atom stereocenters. The van der Waals surface area contributed by atoms with Crippen molar-refractivity contribution in [1.29, 1.82) is 0 Å². The van der Waals surface area contributed by atoms with Gasteiger partial charge in [0.1, 0.15) is 0 Å². The van der Waals surface area contributed by atoms with Crippen LogP contribution in [0.3, 0.4) is 0 Å². The second-order valence-corrected chi connectivity index (χ2v) is 23.0. The van der Waals surface area contributed by atoms with E-state index in [4.69, 9.17) is 19.3 Å². The minimum Gasteiger partial charge on any atom is -0.399 e. The van der Waals surface area contributed by atoms with Gasteiger partial charge in [0.15, 0.2) is 0 Å². The van der Waals surface area contributed by atoms with Crippen LogP contribution in [0.2, 0.25) is 0 Å². The molecule has 0 bridgehead atoms. The highest BCUT2D eigenvalue weighted by Crippen LogP contribution is 2.43. The molecule has 4 aromatic heterocycles. The number of benzene rings is 10. The van der Waals surface area contributed by atoms with Crippen LogP contribution >= 0.6 is 15.9 Å². The van der Waals surface area contributed by atoms with Crippen LogP contribution in [0.4, 0.5) is 0 Å². The fraction of sp³-hybridized carbons (Fsp3) is 0.114. The maximum Gasteiger partial charge on any atom is 0.494 e. The summed E-state index contributed by atoms with van der Waals surface area (Å²) in [4.78, 5) is 10.0. The highest BCUT2D eigenvalue weighted by atomic mass is 79.9. The molecule has 0 saturated carbocycles. The Morgan fingerprint density at radius 1 is 0.400 bits per heavy atom. The van der Waals surface area contributed by atoms with Gasteiger partial charge in [0.25, 0.3) is 0 Å². The number of hydrogen-bond acceptors (Lipinski definition) is 4. The molecule has 0 spiro atoms. The van der Waals surface area contributed by atoms with Crippen molar-refractivity contribution in [1.82, 2.24) is 27.9 Å². The van der Waals surface area contributed by atoms with Crippen molar-refractivity contribution in [2.24, 2.45) is 0 Å². The Morgan fingerprint density at radius 2 is 0.838 bits per heavy atom. The molecule has 80 heavy (non-hydrogen) atoms. The number of imidazole rings is 4. The molecule has 0 radical (unpaired) electrons. The first-order valence-electron chi connectivity index (χ1n) is 27.4. The lowest BCUT2D eigenvalue weighted by molar-refractivity contribution is 0.00578. The Balaban J connectivity index is 0.000000108. The summed E-state index contributed by atoms with van der Waals surface area (Å²) < 4.78 is 22.4. The van der Waals surface area contributed by atoms with Gasteiger partial charge in [0.05, 0.1) is 55.3 Å². The van der Waals surface area contributed by atoms with E-state index in [-0.39, 0.29) is 18.3 Å². The Hall–Kier alpha value is -8.80. The molecule has 10 aromatic carbocycles. The Labute approximate surface area is 472 Å². The topological polar surface area (TPSA) is 62.9 Å². The van der Waals surface area contributed by atoms with Gasteiger partial charge in [-0.25, -0.2) is 9.97 Å². The molecule has 2 aliphatic carbocycles. The number of nitrogens with zero attached hydrogens (tertiary/aromatic N) is 6. The zero-order valence-electron chi connectivity index (χ0n) is 44.8. The highest BCUT2D eigenvalue weighted by Gasteiger charge is 2.52. The van der Waals surface area contributed by atoms with Crippen molar-refractivity contribution in [2.45, 2.75) is 51.7 Å². The lowest BCUT2D eigenvalue weighted by atomic mass is 9.77. The first-order valence-corrected chi connectivity index (χ1v) is 28.2. The standard InChI is InChI=1S/C32H21N3.C19H21BO2.C19H12BrN3/c1-2-10-24(11-3-1)34-29-15-6-7-16-30(29)35-31-26(13-8-14-28(31)33-32(34)35)23-18-17-22-19-21-9-4-5-12-25(21)27(22)20-23;1-18(2)19(3,4)22-20(21-18)15-10-9-14-11-13-7-5-6-8-16(13)17(14)12-15;20-14-9-6-10-15-18(14)23-17-12-5-4-11-16(17)22(19(23)21-15)13-7-2-1-3-8-13/h1-18,20H,19H2;5-10,12H,11H2,1-4H3;1-12H. The summed E-state index contributed by atoms with van der Waals surface area (Å²) in [5.41, 5.74) is 25.0. The van der Waals surface area contributed by atoms with Crippen LogP contribution in [-0.4, -0.2) is 46.2 Å². The Kier molecular flexibility index (Phi) is 11.3. The van der Waals surface area contributed by atoms with E-state index in [0.717, 1.165) is 89.8 Å². The van der Waals surface area contributed by atoms with Crippen molar-refractivity contribution in [3.05, 3.63) is 257 Å². The lowest BCUT2D eigenvalue weighted by Gasteiger charge is -2.32. The van der Waals surface area contributed by atoms with E-state index in [1.54, 1.807) is 0 Å². The van der Waals surface area contributed by atoms with Gasteiger partial charge in [0.2, 0.25) is 11.6 Å². The van der Waals surface area contributed by atoms with Crippen LogP contribution in [-0.2, 0) is 22.2 Å². The number of fused-ring (bicyclic) bond motifs is 16. The van der Waals surface area contributed by atoms with Gasteiger partial charge in [-0.1, -0.05) is 158 Å². The SMILES string of the molecule is Brc1cccc2nc3n(-c4ccccc4)c4ccccc4n3c12.CC1(C)OB(c2ccc3c(c2)-c2ccccc2C3)OC1(C)C.c1ccc(-n2c3ccccc3n3c4c(-c5ccc6c(c5)-c5ccccc5C6)cccc4nc23)cc1. The second-order valence-electron chi connectivity index (χ2n) is 22.1. The quantitative estimate of drug-likeness (QED) is 0.165. The van der Waals surface area contributed by atoms with Crippen molar-refractivity contribution in [3.8, 4) is 44.8 Å². The predicted molar refractivity (Wildman–Crippen MR) is 331 cm³/mol. The van der Waals surface area contributed by atoms with Crippen molar-refractivity contribution >= 4 is 84.2 Å². The third kappa shape index (κ3) is 7.72. The summed E-state index contributed by atoms with van der Waals surface area (Å²) >= 11 is 3.68. The molecular weight excluding hydrogens is 1050 g/mol. The summed E-state index contributed by atoms with van der Waals surface area (Å²) in [7, 11) is -0.289. The number of para-hydroxylation sites is 8. The molecule has 5 heterocycles. The summed E-state index contributed by atoms with van der Waals surface area (Å²) in [5, 5.41) is 0. The Bertz CT molecular complexity index is 4750. The largest absolute Gasteiger partial charge is 0.494 e. The van der Waals surface area contributed by atoms with Crippen LogP contribution in [0.1, 0.15) is 49.9 Å². The minimum absolute atomic E-state index is 0.289. The number of hydrogen-bond donors (Lipinski definition) is 0. The average molecular weight is 1100 g/mol. The highest BCUT2D eigenvalue weighted by molar-refractivity contribution is 9.10. The third-order valence-corrected chi connectivity index (χ3v) is 17.5. The Morgan fingerprint density at radius 3 is 1.41 bits per heavy atom. The van der Waals surface area contributed by atoms with E-state index in [9.17, 15) is 0 Å². The molecule has 0 N–H and O–H groups in total. The number of aromatic nitrogens is 6. The van der Waals surface area contributed by atoms with Crippen molar-refractivity contribution in [3.63, 3.8) is 0 Å². The van der Waals surface area contributed by atoms with Gasteiger partial charge in [0, 0.05) is 21.4 Å². The molecular formula is C70H54BBrN6O2. The molecule has 1 fully saturated rings. The maximum absolute atomic E-state index is 6.18. The van der Waals surface area contributed by atoms with Crippen LogP contribution < -0.4 is 5.46 Å². The molecule has 10 heteroatoms.